The van der Waals surface area contributed by atoms with E-state index in [4.69, 9.17) is 0 Å². The van der Waals surface area contributed by atoms with Gasteiger partial charge in [-0.05, 0) is 25.7 Å². The number of sulfonamides is 1. The summed E-state index contributed by atoms with van der Waals surface area (Å²) in [4.78, 5) is 0.304. The number of rotatable bonds is 8. The van der Waals surface area contributed by atoms with Crippen molar-refractivity contribution in [1.82, 2.24) is 20.2 Å². The highest BCUT2D eigenvalue weighted by atomic mass is 32.2. The summed E-state index contributed by atoms with van der Waals surface area (Å²) in [6, 6.07) is 0.373. The lowest BCUT2D eigenvalue weighted by molar-refractivity contribution is 0.559. The van der Waals surface area contributed by atoms with E-state index in [1.165, 1.54) is 0 Å². The van der Waals surface area contributed by atoms with E-state index in [1.807, 2.05) is 13.8 Å². The second kappa shape index (κ2) is 6.46. The van der Waals surface area contributed by atoms with Crippen molar-refractivity contribution in [2.45, 2.75) is 70.5 Å². The highest BCUT2D eigenvalue weighted by Gasteiger charge is 2.40. The van der Waals surface area contributed by atoms with Crippen molar-refractivity contribution < 1.29 is 8.42 Å². The third-order valence-electron chi connectivity index (χ3n) is 3.80. The molecule has 0 saturated heterocycles. The van der Waals surface area contributed by atoms with E-state index < -0.39 is 10.0 Å². The van der Waals surface area contributed by atoms with E-state index in [0.717, 1.165) is 19.3 Å². The molecule has 21 heavy (non-hydrogen) atoms. The summed E-state index contributed by atoms with van der Waals surface area (Å²) in [6.07, 6.45) is 3.13. The minimum Gasteiger partial charge on any atom is -0.309 e. The summed E-state index contributed by atoms with van der Waals surface area (Å²) in [5.41, 5.74) is 1.15. The number of hydrogen-bond acceptors (Lipinski definition) is 4. The standard InChI is InChI=1S/C14H26N4O2S/c1-5-6-11-7-12(11)18-21(19,20)14-10(4)16-17-13(14)8-15-9(2)3/h9,11-12,15,18H,5-8H2,1-4H3,(H,16,17). The van der Waals surface area contributed by atoms with Gasteiger partial charge >= 0.3 is 0 Å². The van der Waals surface area contributed by atoms with Crippen LogP contribution in [-0.4, -0.2) is 30.7 Å². The topological polar surface area (TPSA) is 86.9 Å². The minimum absolute atomic E-state index is 0.0927. The fourth-order valence-electron chi connectivity index (χ4n) is 2.59. The van der Waals surface area contributed by atoms with E-state index in [0.29, 0.717) is 28.7 Å². The monoisotopic (exact) mass is 314 g/mol. The first-order valence-corrected chi connectivity index (χ1v) is 9.13. The summed E-state index contributed by atoms with van der Waals surface area (Å²) in [6.45, 7) is 8.36. The van der Waals surface area contributed by atoms with E-state index in [9.17, 15) is 8.42 Å². The molecule has 0 radical (unpaired) electrons. The van der Waals surface area contributed by atoms with Crippen LogP contribution in [-0.2, 0) is 16.6 Å². The van der Waals surface area contributed by atoms with Crippen molar-refractivity contribution in [3.63, 3.8) is 0 Å². The zero-order valence-corrected chi connectivity index (χ0v) is 14.0. The van der Waals surface area contributed by atoms with Crippen LogP contribution in [0.5, 0.6) is 0 Å². The molecule has 1 saturated carbocycles. The fraction of sp³-hybridized carbons (Fsp3) is 0.786. The maximum atomic E-state index is 12.6. The second-order valence-corrected chi connectivity index (χ2v) is 7.82. The summed E-state index contributed by atoms with van der Waals surface area (Å²) in [7, 11) is -3.50. The Labute approximate surface area is 127 Å². The predicted octanol–water partition coefficient (Wildman–Crippen LogP) is 1.68. The SMILES string of the molecule is CCCC1CC1NS(=O)(=O)c1c(CNC(C)C)n[nH]c1C. The first-order chi connectivity index (χ1) is 9.85. The molecule has 7 heteroatoms. The molecule has 1 aromatic heterocycles. The van der Waals surface area contributed by atoms with Gasteiger partial charge in [0.25, 0.3) is 0 Å². The molecule has 6 nitrogen and oxygen atoms in total. The molecule has 3 N–H and O–H groups in total. The molecule has 1 fully saturated rings. The van der Waals surface area contributed by atoms with Gasteiger partial charge in [0.15, 0.2) is 0 Å². The predicted molar refractivity (Wildman–Crippen MR) is 82.4 cm³/mol. The van der Waals surface area contributed by atoms with Crippen molar-refractivity contribution >= 4 is 10.0 Å². The second-order valence-electron chi connectivity index (χ2n) is 6.17. The van der Waals surface area contributed by atoms with Crippen LogP contribution in [0.25, 0.3) is 0 Å². The van der Waals surface area contributed by atoms with Crippen molar-refractivity contribution in [2.24, 2.45) is 5.92 Å². The molecule has 0 aliphatic heterocycles. The Bertz CT molecular complexity index is 580. The molecule has 2 unspecified atom stereocenters. The first-order valence-electron chi connectivity index (χ1n) is 7.64. The quantitative estimate of drug-likeness (QED) is 0.681. The third kappa shape index (κ3) is 4.05. The average molecular weight is 314 g/mol. The molecule has 1 aromatic rings. The van der Waals surface area contributed by atoms with Gasteiger partial charge in [0.1, 0.15) is 4.90 Å². The molecule has 2 atom stereocenters. The van der Waals surface area contributed by atoms with Gasteiger partial charge in [0.05, 0.1) is 11.4 Å². The smallest absolute Gasteiger partial charge is 0.244 e. The van der Waals surface area contributed by atoms with Gasteiger partial charge in [-0.3, -0.25) is 5.10 Å². The van der Waals surface area contributed by atoms with Crippen molar-refractivity contribution in [2.75, 3.05) is 0 Å². The Balaban J connectivity index is 2.10. The molecule has 120 valence electrons. The Morgan fingerprint density at radius 3 is 2.76 bits per heavy atom. The van der Waals surface area contributed by atoms with Crippen LogP contribution in [0.15, 0.2) is 4.90 Å². The van der Waals surface area contributed by atoms with E-state index >= 15 is 0 Å². The zero-order chi connectivity index (χ0) is 15.6. The van der Waals surface area contributed by atoms with E-state index in [2.05, 4.69) is 27.2 Å². The minimum atomic E-state index is -3.50. The highest BCUT2D eigenvalue weighted by molar-refractivity contribution is 7.89. The molecule has 0 bridgehead atoms. The normalized spacial score (nSPS) is 22.0. The van der Waals surface area contributed by atoms with Crippen LogP contribution < -0.4 is 10.0 Å². The number of nitrogens with one attached hydrogen (secondary N) is 3. The molecule has 1 aliphatic carbocycles. The number of aromatic nitrogens is 2. The highest BCUT2D eigenvalue weighted by Crippen LogP contribution is 2.36. The van der Waals surface area contributed by atoms with Crippen LogP contribution in [0.3, 0.4) is 0 Å². The Hall–Kier alpha value is -0.920. The lowest BCUT2D eigenvalue weighted by Gasteiger charge is -2.10. The van der Waals surface area contributed by atoms with E-state index in [-0.39, 0.29) is 12.1 Å². The van der Waals surface area contributed by atoms with Crippen LogP contribution in [0.4, 0.5) is 0 Å². The maximum absolute atomic E-state index is 12.6. The summed E-state index contributed by atoms with van der Waals surface area (Å²) >= 11 is 0. The molecule has 1 heterocycles. The largest absolute Gasteiger partial charge is 0.309 e. The lowest BCUT2D eigenvalue weighted by Crippen LogP contribution is -2.29. The van der Waals surface area contributed by atoms with Crippen molar-refractivity contribution in [1.29, 1.82) is 0 Å². The maximum Gasteiger partial charge on any atom is 0.244 e. The van der Waals surface area contributed by atoms with Gasteiger partial charge in [-0.15, -0.1) is 0 Å². The first kappa shape index (κ1) is 16.5. The van der Waals surface area contributed by atoms with Crippen LogP contribution in [0, 0.1) is 12.8 Å². The van der Waals surface area contributed by atoms with Gasteiger partial charge in [-0.25, -0.2) is 13.1 Å². The molecular formula is C14H26N4O2S. The third-order valence-corrected chi connectivity index (χ3v) is 5.49. The summed E-state index contributed by atoms with van der Waals surface area (Å²) < 4.78 is 28.0. The number of aromatic amines is 1. The van der Waals surface area contributed by atoms with E-state index in [1.54, 1.807) is 6.92 Å². The van der Waals surface area contributed by atoms with Gasteiger partial charge in [0.2, 0.25) is 10.0 Å². The summed E-state index contributed by atoms with van der Waals surface area (Å²) in [5, 5.41) is 10.1. The Morgan fingerprint density at radius 2 is 2.14 bits per heavy atom. The van der Waals surface area contributed by atoms with Crippen LogP contribution in [0.2, 0.25) is 0 Å². The van der Waals surface area contributed by atoms with Crippen LogP contribution >= 0.6 is 0 Å². The molecule has 0 aromatic carbocycles. The van der Waals surface area contributed by atoms with Gasteiger partial charge < -0.3 is 5.32 Å². The van der Waals surface area contributed by atoms with Gasteiger partial charge in [-0.1, -0.05) is 27.2 Å². The average Bonchev–Trinajstić information content (AvgIpc) is 2.96. The van der Waals surface area contributed by atoms with Gasteiger partial charge in [0, 0.05) is 18.6 Å². The zero-order valence-electron chi connectivity index (χ0n) is 13.2. The van der Waals surface area contributed by atoms with Gasteiger partial charge in [-0.2, -0.15) is 5.10 Å². The number of H-pyrrole nitrogens is 1. The van der Waals surface area contributed by atoms with Crippen LogP contribution in [0.1, 0.15) is 51.4 Å². The molecular weight excluding hydrogens is 288 g/mol. The molecule has 2 rings (SSSR count). The fourth-order valence-corrected chi connectivity index (χ4v) is 4.27. The molecule has 0 spiro atoms. The Morgan fingerprint density at radius 1 is 1.43 bits per heavy atom. The Kier molecular flexibility index (Phi) is 5.06. The number of nitrogens with zero attached hydrogens (tertiary/aromatic N) is 1. The van der Waals surface area contributed by atoms with Crippen molar-refractivity contribution in [3.05, 3.63) is 11.4 Å². The summed E-state index contributed by atoms with van der Waals surface area (Å²) in [5.74, 6) is 0.495. The number of hydrogen-bond donors (Lipinski definition) is 3. The lowest BCUT2D eigenvalue weighted by atomic mass is 10.2. The van der Waals surface area contributed by atoms with Crippen molar-refractivity contribution in [3.8, 4) is 0 Å². The molecule has 0 amide bonds. The number of aryl methyl sites for hydroxylation is 1. The molecule has 1 aliphatic rings.